The van der Waals surface area contributed by atoms with Crippen LogP contribution in [0.3, 0.4) is 0 Å². The molecule has 2 bridgehead atoms. The third-order valence-corrected chi connectivity index (χ3v) is 4.80. The van der Waals surface area contributed by atoms with Crippen LogP contribution in [0.2, 0.25) is 5.02 Å². The Bertz CT molecular complexity index is 808. The highest BCUT2D eigenvalue weighted by atomic mass is 35.5. The number of hydrogen-bond donors (Lipinski definition) is 1. The summed E-state index contributed by atoms with van der Waals surface area (Å²) in [6, 6.07) is 6.84. The molecule has 8 heteroatoms. The summed E-state index contributed by atoms with van der Waals surface area (Å²) in [6.45, 7) is 1.47. The van der Waals surface area contributed by atoms with E-state index in [1.807, 2.05) is 12.1 Å². The monoisotopic (exact) mass is 360 g/mol. The second kappa shape index (κ2) is 6.50. The number of ether oxygens (including phenoxy) is 1. The second-order valence-electron chi connectivity index (χ2n) is 6.26. The average Bonchev–Trinajstić information content (AvgIpc) is 3.00. The number of nitrogens with zero attached hydrogens (tertiary/aromatic N) is 3. The molecule has 4 rings (SSSR count). The Balaban J connectivity index is 1.64. The first-order valence-corrected chi connectivity index (χ1v) is 8.46. The zero-order valence-corrected chi connectivity index (χ0v) is 14.1. The van der Waals surface area contributed by atoms with Crippen molar-refractivity contribution in [3.05, 3.63) is 47.2 Å². The van der Waals surface area contributed by atoms with E-state index in [0.29, 0.717) is 36.9 Å². The number of carbonyl (C=O) groups is 2. The van der Waals surface area contributed by atoms with Gasteiger partial charge in [-0.15, -0.1) is 0 Å². The molecule has 3 heterocycles. The molecule has 2 atom stereocenters. The lowest BCUT2D eigenvalue weighted by Crippen LogP contribution is -2.44. The first kappa shape index (κ1) is 16.1. The van der Waals surface area contributed by atoms with Crippen LogP contribution in [0.1, 0.15) is 10.4 Å². The molecule has 0 spiro atoms. The van der Waals surface area contributed by atoms with Crippen molar-refractivity contribution in [2.75, 3.05) is 26.3 Å². The van der Waals surface area contributed by atoms with Crippen molar-refractivity contribution in [1.82, 2.24) is 20.0 Å². The minimum Gasteiger partial charge on any atom is -0.378 e. The van der Waals surface area contributed by atoms with Crippen LogP contribution in [-0.4, -0.2) is 58.8 Å². The summed E-state index contributed by atoms with van der Waals surface area (Å²) in [6.07, 6.45) is 3.47. The van der Waals surface area contributed by atoms with Gasteiger partial charge in [-0.25, -0.2) is 4.68 Å². The zero-order valence-electron chi connectivity index (χ0n) is 13.4. The number of amides is 2. The number of benzene rings is 1. The first-order valence-electron chi connectivity index (χ1n) is 8.09. The number of carbonyl (C=O) groups excluding carboxylic acids is 2. The van der Waals surface area contributed by atoms with E-state index in [4.69, 9.17) is 16.3 Å². The van der Waals surface area contributed by atoms with Crippen molar-refractivity contribution in [1.29, 1.82) is 0 Å². The zero-order chi connectivity index (χ0) is 17.4. The molecule has 0 aliphatic carbocycles. The molecule has 1 N–H and O–H groups in total. The van der Waals surface area contributed by atoms with Gasteiger partial charge in [-0.3, -0.25) is 9.59 Å². The van der Waals surface area contributed by atoms with Crippen LogP contribution in [0.5, 0.6) is 0 Å². The van der Waals surface area contributed by atoms with Crippen LogP contribution in [0.25, 0.3) is 5.69 Å². The maximum atomic E-state index is 13.1. The minimum absolute atomic E-state index is 0.0609. The Hall–Kier alpha value is -2.38. The number of aromatic nitrogens is 2. The van der Waals surface area contributed by atoms with Crippen LogP contribution in [-0.2, 0) is 9.53 Å². The third-order valence-electron chi connectivity index (χ3n) is 4.47. The Kier molecular flexibility index (Phi) is 4.19. The number of fused-ring (bicyclic) bond motifs is 3. The Morgan fingerprint density at radius 3 is 3.00 bits per heavy atom. The van der Waals surface area contributed by atoms with Gasteiger partial charge in [0.15, 0.2) is 0 Å². The van der Waals surface area contributed by atoms with Crippen molar-refractivity contribution >= 4 is 23.4 Å². The summed E-state index contributed by atoms with van der Waals surface area (Å²) < 4.78 is 7.17. The van der Waals surface area contributed by atoms with Crippen LogP contribution in [0.15, 0.2) is 36.7 Å². The lowest BCUT2D eigenvalue weighted by Gasteiger charge is -2.28. The molecule has 1 aromatic carbocycles. The lowest BCUT2D eigenvalue weighted by molar-refractivity contribution is -0.125. The van der Waals surface area contributed by atoms with Crippen LogP contribution in [0, 0.1) is 5.92 Å². The van der Waals surface area contributed by atoms with E-state index in [0.717, 1.165) is 5.69 Å². The molecule has 2 saturated heterocycles. The Morgan fingerprint density at radius 2 is 2.20 bits per heavy atom. The summed E-state index contributed by atoms with van der Waals surface area (Å²) in [5.74, 6) is -0.605. The molecule has 2 aliphatic heterocycles. The van der Waals surface area contributed by atoms with Crippen LogP contribution < -0.4 is 5.32 Å². The Morgan fingerprint density at radius 1 is 1.32 bits per heavy atom. The van der Waals surface area contributed by atoms with E-state index in [2.05, 4.69) is 10.4 Å². The highest BCUT2D eigenvalue weighted by Crippen LogP contribution is 2.23. The van der Waals surface area contributed by atoms with Crippen LogP contribution >= 0.6 is 11.6 Å². The van der Waals surface area contributed by atoms with E-state index in [1.165, 1.54) is 0 Å². The predicted octanol–water partition coefficient (Wildman–Crippen LogP) is 1.11. The molecule has 0 radical (unpaired) electrons. The number of nitrogens with one attached hydrogen (secondary N) is 1. The van der Waals surface area contributed by atoms with Gasteiger partial charge >= 0.3 is 0 Å². The van der Waals surface area contributed by atoms with E-state index in [1.54, 1.807) is 34.1 Å². The fourth-order valence-electron chi connectivity index (χ4n) is 3.21. The SMILES string of the molecule is O=C1N[C@@H]2COC[C@H]1CN(C(=O)c1cc(-n3cccn3)ccc1Cl)C2. The van der Waals surface area contributed by atoms with Gasteiger partial charge in [0.1, 0.15) is 0 Å². The summed E-state index contributed by atoms with van der Waals surface area (Å²) in [7, 11) is 0. The highest BCUT2D eigenvalue weighted by molar-refractivity contribution is 6.33. The van der Waals surface area contributed by atoms with Gasteiger partial charge in [-0.05, 0) is 24.3 Å². The van der Waals surface area contributed by atoms with Gasteiger partial charge in [-0.1, -0.05) is 11.6 Å². The van der Waals surface area contributed by atoms with Gasteiger partial charge in [0.2, 0.25) is 5.91 Å². The van der Waals surface area contributed by atoms with Crippen molar-refractivity contribution in [3.63, 3.8) is 0 Å². The van der Waals surface area contributed by atoms with Gasteiger partial charge in [0.25, 0.3) is 5.91 Å². The molecule has 7 nitrogen and oxygen atoms in total. The van der Waals surface area contributed by atoms with E-state index in [-0.39, 0.29) is 23.8 Å². The molecule has 0 saturated carbocycles. The smallest absolute Gasteiger partial charge is 0.255 e. The third kappa shape index (κ3) is 3.12. The van der Waals surface area contributed by atoms with Crippen molar-refractivity contribution in [3.8, 4) is 5.69 Å². The fraction of sp³-hybridized carbons (Fsp3) is 0.353. The van der Waals surface area contributed by atoms with Crippen molar-refractivity contribution in [2.24, 2.45) is 5.92 Å². The Labute approximate surface area is 149 Å². The van der Waals surface area contributed by atoms with Crippen molar-refractivity contribution in [2.45, 2.75) is 6.04 Å². The van der Waals surface area contributed by atoms with Crippen LogP contribution in [0.4, 0.5) is 0 Å². The molecule has 0 unspecified atom stereocenters. The molecule has 130 valence electrons. The lowest BCUT2D eigenvalue weighted by atomic mass is 10.1. The molecule has 25 heavy (non-hydrogen) atoms. The van der Waals surface area contributed by atoms with E-state index >= 15 is 0 Å². The maximum absolute atomic E-state index is 13.1. The minimum atomic E-state index is -0.357. The second-order valence-corrected chi connectivity index (χ2v) is 6.67. The maximum Gasteiger partial charge on any atom is 0.255 e. The van der Waals surface area contributed by atoms with E-state index < -0.39 is 0 Å². The summed E-state index contributed by atoms with van der Waals surface area (Å²) in [5.41, 5.74) is 1.16. The summed E-state index contributed by atoms with van der Waals surface area (Å²) in [4.78, 5) is 26.9. The van der Waals surface area contributed by atoms with Gasteiger partial charge in [0.05, 0.1) is 41.4 Å². The topological polar surface area (TPSA) is 76.5 Å². The molecule has 2 amide bonds. The number of halogens is 1. The van der Waals surface area contributed by atoms with Gasteiger partial charge in [-0.2, -0.15) is 5.10 Å². The molecule has 2 aliphatic rings. The first-order chi connectivity index (χ1) is 12.1. The predicted molar refractivity (Wildman–Crippen MR) is 90.7 cm³/mol. The summed E-state index contributed by atoms with van der Waals surface area (Å²) >= 11 is 6.28. The average molecular weight is 361 g/mol. The highest BCUT2D eigenvalue weighted by Gasteiger charge is 2.35. The van der Waals surface area contributed by atoms with Gasteiger partial charge < -0.3 is 15.0 Å². The molecule has 1 aromatic heterocycles. The number of hydrogen-bond acceptors (Lipinski definition) is 4. The largest absolute Gasteiger partial charge is 0.378 e. The molecule has 2 fully saturated rings. The van der Waals surface area contributed by atoms with E-state index in [9.17, 15) is 9.59 Å². The standard InChI is InChI=1S/C17H17ClN4O3/c18-15-3-2-13(22-5-1-4-19-22)6-14(15)17(24)21-7-11-9-25-10-12(8-21)20-16(11)23/h1-6,11-12H,7-10H2,(H,20,23)/t11-,12+/m1/s1. The van der Waals surface area contributed by atoms with Crippen molar-refractivity contribution < 1.29 is 14.3 Å². The molecule has 2 aromatic rings. The van der Waals surface area contributed by atoms with Gasteiger partial charge in [0, 0.05) is 25.5 Å². The normalized spacial score (nSPS) is 23.1. The number of rotatable bonds is 2. The quantitative estimate of drug-likeness (QED) is 0.870. The summed E-state index contributed by atoms with van der Waals surface area (Å²) in [5, 5.41) is 7.48. The molecular weight excluding hydrogens is 344 g/mol. The fourth-order valence-corrected chi connectivity index (χ4v) is 3.41. The molecular formula is C17H17ClN4O3.